The molecule has 0 nitrogen and oxygen atoms in total. The second-order valence-electron chi connectivity index (χ2n) is 8.80. The van der Waals surface area contributed by atoms with Gasteiger partial charge < -0.3 is 0 Å². The molecule has 0 aliphatic carbocycles. The topological polar surface area (TPSA) is 0 Å². The van der Waals surface area contributed by atoms with Crippen molar-refractivity contribution in [3.63, 3.8) is 0 Å². The quantitative estimate of drug-likeness (QED) is 0.320. The summed E-state index contributed by atoms with van der Waals surface area (Å²) < 4.78 is 0. The molecule has 31 heavy (non-hydrogen) atoms. The standard InChI is InChI=1S/C30H40Si/c1-7-22-13-23(8-2)17-28(16-22)31(29-18-24(9-3)14-25(10-4)19-29)30-20-26(11-5)15-27(12-6)21-30/h13-21,31H,7-12H2,1-6H3. The molecule has 0 bridgehead atoms. The first-order chi connectivity index (χ1) is 15.0. The molecule has 0 saturated carbocycles. The van der Waals surface area contributed by atoms with E-state index in [1.165, 1.54) is 33.4 Å². The number of hydrogen-bond donors (Lipinski definition) is 0. The molecule has 0 aromatic heterocycles. The minimum Gasteiger partial charge on any atom is -0.0613 e. The fraction of sp³-hybridized carbons (Fsp3) is 0.400. The molecule has 0 heterocycles. The second-order valence-corrected chi connectivity index (χ2v) is 11.7. The Labute approximate surface area is 192 Å². The third-order valence-electron chi connectivity index (χ3n) is 6.67. The Morgan fingerprint density at radius 2 is 0.548 bits per heavy atom. The largest absolute Gasteiger partial charge is 0.133 e. The monoisotopic (exact) mass is 428 g/mol. The highest BCUT2D eigenvalue weighted by Crippen LogP contribution is 2.12. The number of aryl methyl sites for hydroxylation is 6. The van der Waals surface area contributed by atoms with Crippen LogP contribution >= 0.6 is 0 Å². The highest BCUT2D eigenvalue weighted by molar-refractivity contribution is 6.95. The Balaban J connectivity index is 2.30. The maximum Gasteiger partial charge on any atom is 0.133 e. The summed E-state index contributed by atoms with van der Waals surface area (Å²) in [6.45, 7) is 13.7. The lowest BCUT2D eigenvalue weighted by Crippen LogP contribution is -2.52. The van der Waals surface area contributed by atoms with E-state index in [4.69, 9.17) is 0 Å². The maximum atomic E-state index is 2.52. The first-order valence-corrected chi connectivity index (χ1v) is 14.2. The molecule has 0 fully saturated rings. The van der Waals surface area contributed by atoms with E-state index >= 15 is 0 Å². The van der Waals surface area contributed by atoms with Gasteiger partial charge in [0.25, 0.3) is 0 Å². The molecule has 3 rings (SSSR count). The smallest absolute Gasteiger partial charge is 0.0613 e. The predicted molar refractivity (Wildman–Crippen MR) is 142 cm³/mol. The van der Waals surface area contributed by atoms with Crippen molar-refractivity contribution in [1.29, 1.82) is 0 Å². The van der Waals surface area contributed by atoms with Crippen molar-refractivity contribution in [2.75, 3.05) is 0 Å². The molecule has 0 unspecified atom stereocenters. The number of rotatable bonds is 9. The molecule has 0 N–H and O–H groups in total. The van der Waals surface area contributed by atoms with E-state index in [2.05, 4.69) is 96.1 Å². The molecule has 0 spiro atoms. The van der Waals surface area contributed by atoms with Crippen LogP contribution in [0.15, 0.2) is 54.6 Å². The van der Waals surface area contributed by atoms with Gasteiger partial charge in [-0.25, -0.2) is 0 Å². The van der Waals surface area contributed by atoms with E-state index in [0.29, 0.717) is 0 Å². The summed E-state index contributed by atoms with van der Waals surface area (Å²) in [6.07, 6.45) is 6.62. The van der Waals surface area contributed by atoms with Gasteiger partial charge in [-0.3, -0.25) is 0 Å². The zero-order valence-electron chi connectivity index (χ0n) is 20.5. The van der Waals surface area contributed by atoms with E-state index in [9.17, 15) is 0 Å². The lowest BCUT2D eigenvalue weighted by atomic mass is 10.1. The van der Waals surface area contributed by atoms with E-state index in [-0.39, 0.29) is 0 Å². The van der Waals surface area contributed by atoms with Crippen LogP contribution in [0.1, 0.15) is 74.9 Å². The molecule has 0 saturated heterocycles. The fourth-order valence-corrected chi connectivity index (χ4v) is 8.12. The summed E-state index contributed by atoms with van der Waals surface area (Å²) in [6, 6.07) is 22.3. The van der Waals surface area contributed by atoms with Crippen LogP contribution in [0, 0.1) is 0 Å². The summed E-state index contributed by atoms with van der Waals surface area (Å²) in [4.78, 5) is 0. The highest BCUT2D eigenvalue weighted by atomic mass is 28.3. The van der Waals surface area contributed by atoms with Crippen molar-refractivity contribution in [2.24, 2.45) is 0 Å². The summed E-state index contributed by atoms with van der Waals surface area (Å²) in [5.74, 6) is 0. The highest BCUT2D eigenvalue weighted by Gasteiger charge is 2.22. The van der Waals surface area contributed by atoms with Crippen molar-refractivity contribution in [3.8, 4) is 0 Å². The molecule has 0 amide bonds. The first-order valence-electron chi connectivity index (χ1n) is 12.4. The van der Waals surface area contributed by atoms with E-state index in [1.807, 2.05) is 0 Å². The van der Waals surface area contributed by atoms with Gasteiger partial charge in [0.15, 0.2) is 0 Å². The molecule has 3 aromatic carbocycles. The van der Waals surface area contributed by atoms with Crippen molar-refractivity contribution in [2.45, 2.75) is 80.1 Å². The SMILES string of the molecule is CCc1cc(CC)cc([SiH](c2cc(CC)cc(CC)c2)c2cc(CC)cc(CC)c2)c1. The molecular formula is C30H40Si. The molecule has 1 heteroatoms. The van der Waals surface area contributed by atoms with Crippen LogP contribution < -0.4 is 15.6 Å². The molecule has 0 aliphatic heterocycles. The van der Waals surface area contributed by atoms with Crippen molar-refractivity contribution in [1.82, 2.24) is 0 Å². The zero-order valence-corrected chi connectivity index (χ0v) is 21.7. The average Bonchev–Trinajstić information content (AvgIpc) is 2.83. The lowest BCUT2D eigenvalue weighted by Gasteiger charge is -2.22. The fourth-order valence-electron chi connectivity index (χ4n) is 4.68. The third-order valence-corrected chi connectivity index (χ3v) is 9.67. The average molecular weight is 429 g/mol. The van der Waals surface area contributed by atoms with E-state index in [1.54, 1.807) is 15.6 Å². The van der Waals surface area contributed by atoms with Crippen LogP contribution in [0.25, 0.3) is 0 Å². The predicted octanol–water partition coefficient (Wildman–Crippen LogP) is 5.31. The van der Waals surface area contributed by atoms with Crippen LogP contribution in [-0.2, 0) is 38.5 Å². The van der Waals surface area contributed by atoms with Gasteiger partial charge in [-0.15, -0.1) is 0 Å². The van der Waals surface area contributed by atoms with E-state index in [0.717, 1.165) is 38.5 Å². The van der Waals surface area contributed by atoms with Gasteiger partial charge in [0.2, 0.25) is 0 Å². The van der Waals surface area contributed by atoms with Gasteiger partial charge in [0, 0.05) is 0 Å². The Hall–Kier alpha value is -2.12. The first kappa shape index (κ1) is 23.5. The van der Waals surface area contributed by atoms with Crippen LogP contribution in [0.3, 0.4) is 0 Å². The van der Waals surface area contributed by atoms with Crippen LogP contribution in [0.4, 0.5) is 0 Å². The minimum atomic E-state index is -1.56. The van der Waals surface area contributed by atoms with Gasteiger partial charge in [-0.2, -0.15) is 0 Å². The van der Waals surface area contributed by atoms with Crippen molar-refractivity contribution < 1.29 is 0 Å². The molecule has 0 radical (unpaired) electrons. The van der Waals surface area contributed by atoms with Crippen LogP contribution in [-0.4, -0.2) is 8.80 Å². The molecule has 164 valence electrons. The Kier molecular flexibility index (Phi) is 8.32. The van der Waals surface area contributed by atoms with Gasteiger partial charge >= 0.3 is 0 Å². The van der Waals surface area contributed by atoms with Crippen LogP contribution in [0.5, 0.6) is 0 Å². The lowest BCUT2D eigenvalue weighted by molar-refractivity contribution is 1.09. The Bertz CT molecular complexity index is 816. The van der Waals surface area contributed by atoms with Crippen molar-refractivity contribution in [3.05, 3.63) is 88.0 Å². The summed E-state index contributed by atoms with van der Waals surface area (Å²) in [5.41, 5.74) is 8.90. The minimum absolute atomic E-state index is 1.10. The van der Waals surface area contributed by atoms with Gasteiger partial charge in [-0.1, -0.05) is 112 Å². The molecule has 3 aromatic rings. The third kappa shape index (κ3) is 5.57. The summed E-state index contributed by atoms with van der Waals surface area (Å²) in [7, 11) is -1.56. The molecule has 0 atom stereocenters. The summed E-state index contributed by atoms with van der Waals surface area (Å²) in [5, 5.41) is 4.76. The Morgan fingerprint density at radius 3 is 0.710 bits per heavy atom. The van der Waals surface area contributed by atoms with Crippen molar-refractivity contribution >= 4 is 24.4 Å². The van der Waals surface area contributed by atoms with Crippen LogP contribution in [0.2, 0.25) is 0 Å². The van der Waals surface area contributed by atoms with Gasteiger partial charge in [0.1, 0.15) is 8.80 Å². The Morgan fingerprint density at radius 1 is 0.355 bits per heavy atom. The summed E-state index contributed by atoms with van der Waals surface area (Å²) >= 11 is 0. The van der Waals surface area contributed by atoms with Gasteiger partial charge in [0.05, 0.1) is 0 Å². The normalized spacial score (nSPS) is 11.3. The van der Waals surface area contributed by atoms with E-state index < -0.39 is 8.80 Å². The van der Waals surface area contributed by atoms with Gasteiger partial charge in [-0.05, 0) is 71.9 Å². The molecular weight excluding hydrogens is 388 g/mol. The second kappa shape index (κ2) is 11.0. The maximum absolute atomic E-state index is 2.52. The number of benzene rings is 3. The zero-order chi connectivity index (χ0) is 22.4. The number of hydrogen-bond acceptors (Lipinski definition) is 0. The molecule has 0 aliphatic rings.